The lowest BCUT2D eigenvalue weighted by atomic mass is 9.87. The summed E-state index contributed by atoms with van der Waals surface area (Å²) >= 11 is 0. The summed E-state index contributed by atoms with van der Waals surface area (Å²) in [6.45, 7) is 11.7. The minimum atomic E-state index is -0.699. The second-order valence-electron chi connectivity index (χ2n) is 11.8. The van der Waals surface area contributed by atoms with Gasteiger partial charge in [0.25, 0.3) is 0 Å². The zero-order valence-electron chi connectivity index (χ0n) is 22.3. The summed E-state index contributed by atoms with van der Waals surface area (Å²) in [7, 11) is 0. The highest BCUT2D eigenvalue weighted by Gasteiger charge is 2.40. The molecule has 1 saturated heterocycles. The van der Waals surface area contributed by atoms with Gasteiger partial charge in [0, 0.05) is 25.6 Å². The molecule has 0 spiro atoms. The largest absolute Gasteiger partial charge is 0.449 e. The van der Waals surface area contributed by atoms with E-state index in [4.69, 9.17) is 9.47 Å². The molecular formula is C28H41N3O5. The van der Waals surface area contributed by atoms with E-state index in [-0.39, 0.29) is 35.5 Å². The molecule has 8 nitrogen and oxygen atoms in total. The number of hydrogen-bond acceptors (Lipinski definition) is 5. The third-order valence-corrected chi connectivity index (χ3v) is 7.78. The summed E-state index contributed by atoms with van der Waals surface area (Å²) in [5.74, 6) is -0.276. The van der Waals surface area contributed by atoms with Crippen molar-refractivity contribution >= 4 is 18.1 Å². The number of hydrogen-bond donors (Lipinski definition) is 1. The number of amides is 3. The Morgan fingerprint density at radius 3 is 2.58 bits per heavy atom. The topological polar surface area (TPSA) is 88.2 Å². The van der Waals surface area contributed by atoms with Gasteiger partial charge in [0.1, 0.15) is 12.1 Å². The van der Waals surface area contributed by atoms with Crippen LogP contribution < -0.4 is 5.32 Å². The van der Waals surface area contributed by atoms with E-state index in [2.05, 4.69) is 37.4 Å². The van der Waals surface area contributed by atoms with Gasteiger partial charge in [0.2, 0.25) is 5.91 Å². The maximum Gasteiger partial charge on any atom is 0.410 e. The molecule has 36 heavy (non-hydrogen) atoms. The van der Waals surface area contributed by atoms with E-state index in [1.165, 1.54) is 16.7 Å². The fraction of sp³-hybridized carbons (Fsp3) is 0.679. The van der Waals surface area contributed by atoms with Crippen LogP contribution in [0, 0.1) is 11.3 Å². The van der Waals surface area contributed by atoms with Crippen molar-refractivity contribution in [2.24, 2.45) is 11.3 Å². The van der Waals surface area contributed by atoms with E-state index in [0.717, 1.165) is 25.7 Å². The standard InChI is InChI=1S/C28H41N3O5/c1-18(2)24-25(32)31-15-22(13-19(31)3)36-27(34)30-14-21-11-8-10-20(23(21)16-30)9-6-7-12-28(4,5)17-35-26(33)29-24/h8,10-11,18-19,22,24H,6-7,9,12-17H2,1-5H3,(H,29,33)/t19-,22?,24+/m1/s1. The molecule has 4 rings (SSSR count). The van der Waals surface area contributed by atoms with Gasteiger partial charge >= 0.3 is 12.2 Å². The maximum atomic E-state index is 13.4. The molecule has 8 heteroatoms. The zero-order valence-corrected chi connectivity index (χ0v) is 22.3. The average Bonchev–Trinajstić information content (AvgIpc) is 3.41. The van der Waals surface area contributed by atoms with Crippen molar-refractivity contribution < 1.29 is 23.9 Å². The molecule has 3 atom stereocenters. The Morgan fingerprint density at radius 2 is 1.83 bits per heavy atom. The summed E-state index contributed by atoms with van der Waals surface area (Å²) in [6, 6.07) is 5.53. The molecule has 3 heterocycles. The van der Waals surface area contributed by atoms with Crippen LogP contribution in [0.5, 0.6) is 0 Å². The van der Waals surface area contributed by atoms with Crippen LogP contribution in [0.25, 0.3) is 0 Å². The third kappa shape index (κ3) is 5.95. The number of aryl methyl sites for hydroxylation is 1. The van der Waals surface area contributed by atoms with Gasteiger partial charge in [0.05, 0.1) is 13.2 Å². The number of nitrogens with zero attached hydrogens (tertiary/aromatic N) is 2. The monoisotopic (exact) mass is 499 g/mol. The lowest BCUT2D eigenvalue weighted by Gasteiger charge is -2.30. The molecule has 198 valence electrons. The fourth-order valence-corrected chi connectivity index (χ4v) is 5.56. The Balaban J connectivity index is 1.54. The molecule has 0 saturated carbocycles. The van der Waals surface area contributed by atoms with Crippen LogP contribution in [-0.2, 0) is 33.8 Å². The molecule has 1 fully saturated rings. The first-order valence-corrected chi connectivity index (χ1v) is 13.3. The summed E-state index contributed by atoms with van der Waals surface area (Å²) in [6.07, 6.45) is 3.22. The Hall–Kier alpha value is -2.77. The van der Waals surface area contributed by atoms with Crippen LogP contribution in [0.4, 0.5) is 9.59 Å². The molecule has 1 N–H and O–H groups in total. The third-order valence-electron chi connectivity index (χ3n) is 7.78. The molecule has 3 aliphatic rings. The molecule has 1 unspecified atom stereocenters. The molecule has 0 aliphatic carbocycles. The number of nitrogens with one attached hydrogen (secondary N) is 1. The van der Waals surface area contributed by atoms with Crippen molar-refractivity contribution in [2.45, 2.75) is 98.0 Å². The highest BCUT2D eigenvalue weighted by Crippen LogP contribution is 2.30. The molecule has 3 aliphatic heterocycles. The number of cyclic esters (lactones) is 1. The minimum absolute atomic E-state index is 0.0928. The van der Waals surface area contributed by atoms with Gasteiger partial charge in [0.15, 0.2) is 0 Å². The molecule has 1 aromatic carbocycles. The number of fused-ring (bicyclic) bond motifs is 3. The summed E-state index contributed by atoms with van der Waals surface area (Å²) in [4.78, 5) is 42.6. The first-order chi connectivity index (χ1) is 17.0. The molecule has 0 aromatic heterocycles. The smallest absolute Gasteiger partial charge is 0.410 e. The van der Waals surface area contributed by atoms with Gasteiger partial charge < -0.3 is 19.7 Å². The van der Waals surface area contributed by atoms with Crippen molar-refractivity contribution in [3.8, 4) is 0 Å². The van der Waals surface area contributed by atoms with Crippen LogP contribution in [-0.4, -0.2) is 59.2 Å². The fourth-order valence-electron chi connectivity index (χ4n) is 5.56. The quantitative estimate of drug-likeness (QED) is 0.609. The van der Waals surface area contributed by atoms with Crippen molar-refractivity contribution in [1.29, 1.82) is 0 Å². The van der Waals surface area contributed by atoms with E-state index < -0.39 is 12.1 Å². The first-order valence-electron chi connectivity index (χ1n) is 13.3. The molecule has 4 bridgehead atoms. The lowest BCUT2D eigenvalue weighted by Crippen LogP contribution is -2.52. The number of rotatable bonds is 1. The van der Waals surface area contributed by atoms with E-state index in [1.54, 1.807) is 9.80 Å². The molecule has 0 radical (unpaired) electrons. The van der Waals surface area contributed by atoms with Crippen molar-refractivity contribution in [2.75, 3.05) is 13.2 Å². The van der Waals surface area contributed by atoms with Gasteiger partial charge in [-0.05, 0) is 54.2 Å². The Bertz CT molecular complexity index is 991. The van der Waals surface area contributed by atoms with Gasteiger partial charge in [-0.2, -0.15) is 0 Å². The second-order valence-corrected chi connectivity index (χ2v) is 11.8. The predicted molar refractivity (Wildman–Crippen MR) is 136 cm³/mol. The van der Waals surface area contributed by atoms with Crippen LogP contribution in [0.1, 0.15) is 77.0 Å². The number of benzene rings is 1. The number of alkyl carbamates (subject to hydrolysis) is 1. The van der Waals surface area contributed by atoms with E-state index in [1.807, 2.05) is 20.8 Å². The SMILES string of the molecule is CC(C)[C@@H]1NC(=O)OCC(C)(C)CCCCc2cccc3c2CN(C3)C(=O)OC2C[C@@H](C)N(C2)C1=O. The van der Waals surface area contributed by atoms with E-state index in [0.29, 0.717) is 32.7 Å². The van der Waals surface area contributed by atoms with Crippen LogP contribution in [0.3, 0.4) is 0 Å². The number of ether oxygens (including phenoxy) is 2. The minimum Gasteiger partial charge on any atom is -0.449 e. The van der Waals surface area contributed by atoms with Gasteiger partial charge in [-0.25, -0.2) is 9.59 Å². The molecule has 1 aromatic rings. The summed E-state index contributed by atoms with van der Waals surface area (Å²) < 4.78 is 11.4. The predicted octanol–water partition coefficient (Wildman–Crippen LogP) is 4.63. The summed E-state index contributed by atoms with van der Waals surface area (Å²) in [5, 5.41) is 2.80. The van der Waals surface area contributed by atoms with Crippen molar-refractivity contribution in [3.05, 3.63) is 34.9 Å². The van der Waals surface area contributed by atoms with Gasteiger partial charge in [-0.15, -0.1) is 0 Å². The van der Waals surface area contributed by atoms with E-state index in [9.17, 15) is 14.4 Å². The number of carbonyl (C=O) groups is 3. The van der Waals surface area contributed by atoms with E-state index >= 15 is 0 Å². The highest BCUT2D eigenvalue weighted by molar-refractivity contribution is 5.86. The summed E-state index contributed by atoms with van der Waals surface area (Å²) in [5.41, 5.74) is 3.55. The highest BCUT2D eigenvalue weighted by atomic mass is 16.6. The molecular weight excluding hydrogens is 458 g/mol. The Morgan fingerprint density at radius 1 is 1.08 bits per heavy atom. The number of carbonyl (C=O) groups excluding carboxylic acids is 3. The van der Waals surface area contributed by atoms with Gasteiger partial charge in [-0.1, -0.05) is 52.3 Å². The Kier molecular flexibility index (Phi) is 7.81. The average molecular weight is 500 g/mol. The van der Waals surface area contributed by atoms with Crippen molar-refractivity contribution in [1.82, 2.24) is 15.1 Å². The van der Waals surface area contributed by atoms with Crippen LogP contribution >= 0.6 is 0 Å². The maximum absolute atomic E-state index is 13.4. The molecule has 3 amide bonds. The first kappa shape index (κ1) is 26.3. The lowest BCUT2D eigenvalue weighted by molar-refractivity contribution is -0.135. The van der Waals surface area contributed by atoms with Crippen LogP contribution in [0.15, 0.2) is 18.2 Å². The van der Waals surface area contributed by atoms with Crippen molar-refractivity contribution in [3.63, 3.8) is 0 Å². The Labute approximate surface area is 214 Å². The second kappa shape index (κ2) is 10.7. The van der Waals surface area contributed by atoms with Crippen LogP contribution in [0.2, 0.25) is 0 Å². The van der Waals surface area contributed by atoms with Gasteiger partial charge in [-0.3, -0.25) is 9.69 Å². The normalized spacial score (nSPS) is 27.5. The zero-order chi connectivity index (χ0) is 26.0.